The summed E-state index contributed by atoms with van der Waals surface area (Å²) in [6.07, 6.45) is 1.76. The molecule has 2 rings (SSSR count). The van der Waals surface area contributed by atoms with Crippen LogP contribution in [0.1, 0.15) is 29.3 Å². The Hall–Kier alpha value is -2.69. The van der Waals surface area contributed by atoms with Gasteiger partial charge in [-0.3, -0.25) is 4.79 Å². The molecule has 0 bridgehead atoms. The van der Waals surface area contributed by atoms with Crippen molar-refractivity contribution in [2.75, 3.05) is 21.3 Å². The van der Waals surface area contributed by atoms with E-state index in [4.69, 9.17) is 14.2 Å². The van der Waals surface area contributed by atoms with Crippen LogP contribution >= 0.6 is 0 Å². The van der Waals surface area contributed by atoms with Gasteiger partial charge in [-0.05, 0) is 37.5 Å². The highest BCUT2D eigenvalue weighted by Crippen LogP contribution is 2.39. The summed E-state index contributed by atoms with van der Waals surface area (Å²) in [4.78, 5) is 12.6. The first-order valence-electron chi connectivity index (χ1n) is 8.24. The van der Waals surface area contributed by atoms with Crippen LogP contribution in [0.5, 0.6) is 17.2 Å². The lowest BCUT2D eigenvalue weighted by Gasteiger charge is -2.18. The van der Waals surface area contributed by atoms with E-state index in [2.05, 4.69) is 17.4 Å². The van der Waals surface area contributed by atoms with E-state index in [9.17, 15) is 4.79 Å². The van der Waals surface area contributed by atoms with Crippen molar-refractivity contribution in [2.45, 2.75) is 25.8 Å². The molecule has 0 radical (unpaired) electrons. The normalized spacial score (nSPS) is 11.5. The topological polar surface area (TPSA) is 56.8 Å². The second kappa shape index (κ2) is 8.97. The predicted octanol–water partition coefficient (Wildman–Crippen LogP) is 3.46. The summed E-state index contributed by atoms with van der Waals surface area (Å²) in [5, 5.41) is 3.01. The van der Waals surface area contributed by atoms with Crippen LogP contribution in [0, 0.1) is 0 Å². The van der Waals surface area contributed by atoms with Gasteiger partial charge in [-0.2, -0.15) is 0 Å². The van der Waals surface area contributed by atoms with Crippen LogP contribution in [-0.2, 0) is 6.42 Å². The van der Waals surface area contributed by atoms with Gasteiger partial charge >= 0.3 is 0 Å². The molecule has 0 saturated heterocycles. The molecule has 134 valence electrons. The lowest BCUT2D eigenvalue weighted by Crippen LogP contribution is -2.33. The van der Waals surface area contributed by atoms with E-state index in [1.165, 1.54) is 19.8 Å². The third-order valence-corrected chi connectivity index (χ3v) is 4.04. The SMILES string of the molecule is COc1ccc(C(=O)NC(C)CCc2ccccc2)c(OC)c1OC. The van der Waals surface area contributed by atoms with E-state index in [-0.39, 0.29) is 11.9 Å². The molecule has 0 aliphatic rings. The highest BCUT2D eigenvalue weighted by Gasteiger charge is 2.21. The summed E-state index contributed by atoms with van der Waals surface area (Å²) in [5.74, 6) is 1.11. The average Bonchev–Trinajstić information content (AvgIpc) is 2.65. The van der Waals surface area contributed by atoms with Gasteiger partial charge in [0.1, 0.15) is 0 Å². The summed E-state index contributed by atoms with van der Waals surface area (Å²) in [6.45, 7) is 1.99. The lowest BCUT2D eigenvalue weighted by molar-refractivity contribution is 0.0934. The van der Waals surface area contributed by atoms with Gasteiger partial charge in [0, 0.05) is 6.04 Å². The zero-order valence-corrected chi connectivity index (χ0v) is 15.2. The van der Waals surface area contributed by atoms with Crippen LogP contribution < -0.4 is 19.5 Å². The highest BCUT2D eigenvalue weighted by molar-refractivity contribution is 5.98. The summed E-state index contributed by atoms with van der Waals surface area (Å²) >= 11 is 0. The minimum atomic E-state index is -0.196. The monoisotopic (exact) mass is 343 g/mol. The number of hydrogen-bond donors (Lipinski definition) is 1. The third kappa shape index (κ3) is 4.66. The smallest absolute Gasteiger partial charge is 0.255 e. The van der Waals surface area contributed by atoms with E-state index in [0.717, 1.165) is 12.8 Å². The molecule has 1 unspecified atom stereocenters. The number of nitrogens with one attached hydrogen (secondary N) is 1. The molecule has 1 amide bonds. The average molecular weight is 343 g/mol. The Kier molecular flexibility index (Phi) is 6.69. The van der Waals surface area contributed by atoms with Gasteiger partial charge in [-0.25, -0.2) is 0 Å². The van der Waals surface area contributed by atoms with Crippen molar-refractivity contribution < 1.29 is 19.0 Å². The first kappa shape index (κ1) is 18.6. The molecule has 1 atom stereocenters. The van der Waals surface area contributed by atoms with Crippen LogP contribution in [0.15, 0.2) is 42.5 Å². The number of benzene rings is 2. The number of methoxy groups -OCH3 is 3. The number of hydrogen-bond acceptors (Lipinski definition) is 4. The van der Waals surface area contributed by atoms with E-state index in [1.54, 1.807) is 19.2 Å². The Morgan fingerprint density at radius 3 is 2.24 bits per heavy atom. The van der Waals surface area contributed by atoms with Gasteiger partial charge < -0.3 is 19.5 Å². The number of carbonyl (C=O) groups is 1. The molecule has 1 N–H and O–H groups in total. The third-order valence-electron chi connectivity index (χ3n) is 4.04. The van der Waals surface area contributed by atoms with Crippen molar-refractivity contribution in [3.05, 3.63) is 53.6 Å². The number of ether oxygens (including phenoxy) is 3. The Bertz CT molecular complexity index is 700. The van der Waals surface area contributed by atoms with Crippen molar-refractivity contribution in [1.29, 1.82) is 0 Å². The molecule has 0 heterocycles. The minimum absolute atomic E-state index is 0.0329. The molecule has 0 fully saturated rings. The first-order chi connectivity index (χ1) is 12.1. The summed E-state index contributed by atoms with van der Waals surface area (Å²) < 4.78 is 16.0. The van der Waals surface area contributed by atoms with Crippen molar-refractivity contribution in [1.82, 2.24) is 5.32 Å². The Morgan fingerprint density at radius 2 is 1.64 bits per heavy atom. The van der Waals surface area contributed by atoms with Crippen LogP contribution in [0.3, 0.4) is 0 Å². The first-order valence-corrected chi connectivity index (χ1v) is 8.24. The largest absolute Gasteiger partial charge is 0.493 e. The standard InChI is InChI=1S/C20H25NO4/c1-14(10-11-15-8-6-5-7-9-15)21-20(22)16-12-13-17(23-2)19(25-4)18(16)24-3/h5-9,12-14H,10-11H2,1-4H3,(H,21,22). The molecular weight excluding hydrogens is 318 g/mol. The molecular formula is C20H25NO4. The fourth-order valence-electron chi connectivity index (χ4n) is 2.68. The number of aryl methyl sites for hydroxylation is 1. The van der Waals surface area contributed by atoms with Crippen LogP contribution in [0.4, 0.5) is 0 Å². The maximum Gasteiger partial charge on any atom is 0.255 e. The van der Waals surface area contributed by atoms with Crippen LogP contribution in [-0.4, -0.2) is 33.3 Å². The molecule has 0 aromatic heterocycles. The molecule has 0 aliphatic carbocycles. The van der Waals surface area contributed by atoms with Crippen molar-refractivity contribution >= 4 is 5.91 Å². The highest BCUT2D eigenvalue weighted by atomic mass is 16.5. The maximum absolute atomic E-state index is 12.6. The molecule has 5 heteroatoms. The van der Waals surface area contributed by atoms with Crippen molar-refractivity contribution in [2.24, 2.45) is 0 Å². The molecule has 2 aromatic rings. The lowest BCUT2D eigenvalue weighted by atomic mass is 10.1. The Labute approximate surface area is 148 Å². The number of carbonyl (C=O) groups excluding carboxylic acids is 1. The quantitative estimate of drug-likeness (QED) is 0.797. The van der Waals surface area contributed by atoms with Gasteiger partial charge in [0.2, 0.25) is 5.75 Å². The summed E-state index contributed by atoms with van der Waals surface area (Å²) in [7, 11) is 4.57. The molecule has 0 aliphatic heterocycles. The second-order valence-corrected chi connectivity index (χ2v) is 5.78. The van der Waals surface area contributed by atoms with E-state index in [0.29, 0.717) is 22.8 Å². The zero-order valence-electron chi connectivity index (χ0n) is 15.2. The van der Waals surface area contributed by atoms with Gasteiger partial charge in [-0.15, -0.1) is 0 Å². The molecule has 2 aromatic carbocycles. The van der Waals surface area contributed by atoms with Crippen molar-refractivity contribution in [3.63, 3.8) is 0 Å². The zero-order chi connectivity index (χ0) is 18.2. The van der Waals surface area contributed by atoms with E-state index < -0.39 is 0 Å². The van der Waals surface area contributed by atoms with Crippen molar-refractivity contribution in [3.8, 4) is 17.2 Å². The fourth-order valence-corrected chi connectivity index (χ4v) is 2.68. The van der Waals surface area contributed by atoms with Gasteiger partial charge in [-0.1, -0.05) is 30.3 Å². The van der Waals surface area contributed by atoms with Crippen LogP contribution in [0.25, 0.3) is 0 Å². The predicted molar refractivity (Wildman–Crippen MR) is 97.8 cm³/mol. The van der Waals surface area contributed by atoms with Gasteiger partial charge in [0.15, 0.2) is 11.5 Å². The Morgan fingerprint density at radius 1 is 0.960 bits per heavy atom. The molecule has 0 spiro atoms. The molecule has 25 heavy (non-hydrogen) atoms. The van der Waals surface area contributed by atoms with E-state index in [1.807, 2.05) is 25.1 Å². The summed E-state index contributed by atoms with van der Waals surface area (Å²) in [5.41, 5.74) is 1.68. The minimum Gasteiger partial charge on any atom is -0.493 e. The fraction of sp³-hybridized carbons (Fsp3) is 0.350. The maximum atomic E-state index is 12.6. The van der Waals surface area contributed by atoms with Gasteiger partial charge in [0.25, 0.3) is 5.91 Å². The molecule has 5 nitrogen and oxygen atoms in total. The van der Waals surface area contributed by atoms with Gasteiger partial charge in [0.05, 0.1) is 26.9 Å². The molecule has 0 saturated carbocycles. The van der Waals surface area contributed by atoms with E-state index >= 15 is 0 Å². The number of rotatable bonds is 8. The number of amides is 1. The summed E-state index contributed by atoms with van der Waals surface area (Å²) in [6, 6.07) is 13.6. The Balaban J connectivity index is 2.07. The second-order valence-electron chi connectivity index (χ2n) is 5.78. The van der Waals surface area contributed by atoms with Crippen LogP contribution in [0.2, 0.25) is 0 Å².